The Bertz CT molecular complexity index is 884. The van der Waals surface area contributed by atoms with Crippen molar-refractivity contribution in [3.05, 3.63) is 71.9 Å². The van der Waals surface area contributed by atoms with Gasteiger partial charge in [0.05, 0.1) is 12.6 Å². The number of likely N-dealkylation sites (N-methyl/N-ethyl adjacent to an activating group) is 1. The molecule has 0 saturated carbocycles. The molecule has 1 amide bonds. The fraction of sp³-hybridized carbons (Fsp3) is 0.200. The number of benzene rings is 2. The van der Waals surface area contributed by atoms with Crippen LogP contribution < -0.4 is 5.32 Å². The second-order valence-electron chi connectivity index (χ2n) is 6.12. The normalized spacial score (nSPS) is 12.1. The van der Waals surface area contributed by atoms with Crippen LogP contribution in [0.2, 0.25) is 0 Å². The highest BCUT2D eigenvalue weighted by atomic mass is 16.2. The van der Waals surface area contributed by atoms with Crippen LogP contribution in [0.25, 0.3) is 10.9 Å². The van der Waals surface area contributed by atoms with E-state index in [-0.39, 0.29) is 18.2 Å². The van der Waals surface area contributed by atoms with Crippen LogP contribution in [0.3, 0.4) is 0 Å². The molecule has 5 heteroatoms. The first-order valence-electron chi connectivity index (χ1n) is 8.16. The van der Waals surface area contributed by atoms with Crippen molar-refractivity contribution in [1.82, 2.24) is 15.2 Å². The van der Waals surface area contributed by atoms with Gasteiger partial charge in [0.15, 0.2) is 5.78 Å². The van der Waals surface area contributed by atoms with Crippen LogP contribution in [0.1, 0.15) is 22.0 Å². The van der Waals surface area contributed by atoms with Gasteiger partial charge in [0.2, 0.25) is 5.91 Å². The van der Waals surface area contributed by atoms with Crippen molar-refractivity contribution in [3.8, 4) is 0 Å². The topological polar surface area (TPSA) is 65.2 Å². The molecule has 2 N–H and O–H groups in total. The summed E-state index contributed by atoms with van der Waals surface area (Å²) in [5, 5.41) is 4.00. The highest BCUT2D eigenvalue weighted by Crippen LogP contribution is 2.24. The maximum Gasteiger partial charge on any atom is 0.236 e. The second kappa shape index (κ2) is 7.32. The molecule has 0 aliphatic heterocycles. The SMILES string of the molecule is CN(C)C(=O)CN[C@H](C(=O)c1c[nH]c2ccccc12)c1ccccc1. The van der Waals surface area contributed by atoms with Gasteiger partial charge in [-0.15, -0.1) is 0 Å². The number of hydrogen-bond donors (Lipinski definition) is 2. The Hall–Kier alpha value is -2.92. The summed E-state index contributed by atoms with van der Waals surface area (Å²) in [7, 11) is 3.39. The van der Waals surface area contributed by atoms with Crippen LogP contribution in [0.5, 0.6) is 0 Å². The highest BCUT2D eigenvalue weighted by Gasteiger charge is 2.24. The average Bonchev–Trinajstić information content (AvgIpc) is 3.06. The number of nitrogens with one attached hydrogen (secondary N) is 2. The zero-order valence-electron chi connectivity index (χ0n) is 14.3. The van der Waals surface area contributed by atoms with Gasteiger partial charge >= 0.3 is 0 Å². The quantitative estimate of drug-likeness (QED) is 0.681. The van der Waals surface area contributed by atoms with E-state index in [0.29, 0.717) is 5.56 Å². The van der Waals surface area contributed by atoms with Crippen LogP contribution in [0.4, 0.5) is 0 Å². The van der Waals surface area contributed by atoms with Gasteiger partial charge in [0.1, 0.15) is 0 Å². The first-order chi connectivity index (χ1) is 12.1. The Kier molecular flexibility index (Phi) is 4.95. The number of rotatable bonds is 6. The lowest BCUT2D eigenvalue weighted by atomic mass is 9.97. The molecule has 25 heavy (non-hydrogen) atoms. The molecule has 0 saturated heterocycles. The molecular formula is C20H21N3O2. The Morgan fingerprint density at radius 3 is 2.44 bits per heavy atom. The molecule has 2 aromatic carbocycles. The molecule has 128 valence electrons. The Balaban J connectivity index is 1.93. The molecule has 3 aromatic rings. The van der Waals surface area contributed by atoms with E-state index in [2.05, 4.69) is 10.3 Å². The number of Topliss-reactive ketones (excluding diaryl/α,β-unsaturated/α-hetero) is 1. The van der Waals surface area contributed by atoms with Crippen molar-refractivity contribution < 1.29 is 9.59 Å². The molecule has 5 nitrogen and oxygen atoms in total. The molecule has 1 atom stereocenters. The summed E-state index contributed by atoms with van der Waals surface area (Å²) >= 11 is 0. The summed E-state index contributed by atoms with van der Waals surface area (Å²) in [6, 6.07) is 16.6. The van der Waals surface area contributed by atoms with Gasteiger partial charge in [0, 0.05) is 36.8 Å². The highest BCUT2D eigenvalue weighted by molar-refractivity contribution is 6.10. The Labute approximate surface area is 146 Å². The number of amides is 1. The second-order valence-corrected chi connectivity index (χ2v) is 6.12. The van der Waals surface area contributed by atoms with Crippen molar-refractivity contribution in [2.45, 2.75) is 6.04 Å². The lowest BCUT2D eigenvalue weighted by Gasteiger charge is -2.19. The fourth-order valence-electron chi connectivity index (χ4n) is 2.79. The molecular weight excluding hydrogens is 314 g/mol. The fourth-order valence-corrected chi connectivity index (χ4v) is 2.79. The molecule has 0 spiro atoms. The number of fused-ring (bicyclic) bond motifs is 1. The van der Waals surface area contributed by atoms with E-state index in [4.69, 9.17) is 0 Å². The molecule has 0 unspecified atom stereocenters. The van der Waals surface area contributed by atoms with E-state index in [1.807, 2.05) is 54.6 Å². The first-order valence-corrected chi connectivity index (χ1v) is 8.16. The maximum atomic E-state index is 13.2. The summed E-state index contributed by atoms with van der Waals surface area (Å²) in [4.78, 5) is 29.8. The van der Waals surface area contributed by atoms with Gasteiger partial charge in [-0.05, 0) is 11.6 Å². The monoisotopic (exact) mass is 335 g/mol. The number of carbonyl (C=O) groups excluding carboxylic acids is 2. The van der Waals surface area contributed by atoms with Gasteiger partial charge in [0.25, 0.3) is 0 Å². The Morgan fingerprint density at radius 2 is 1.72 bits per heavy atom. The standard InChI is InChI=1S/C20H21N3O2/c1-23(2)18(24)13-22-19(14-8-4-3-5-9-14)20(25)16-12-21-17-11-7-6-10-15(16)17/h3-12,19,21-22H,13H2,1-2H3/t19-/m0/s1. The minimum absolute atomic E-state index is 0.0600. The lowest BCUT2D eigenvalue weighted by Crippen LogP contribution is -2.37. The van der Waals surface area contributed by atoms with Crippen LogP contribution in [0.15, 0.2) is 60.8 Å². The van der Waals surface area contributed by atoms with Crippen molar-refractivity contribution in [2.75, 3.05) is 20.6 Å². The zero-order valence-corrected chi connectivity index (χ0v) is 14.3. The molecule has 0 radical (unpaired) electrons. The summed E-state index contributed by atoms with van der Waals surface area (Å²) < 4.78 is 0. The summed E-state index contributed by atoms with van der Waals surface area (Å²) in [6.07, 6.45) is 1.73. The minimum Gasteiger partial charge on any atom is -0.360 e. The van der Waals surface area contributed by atoms with Crippen molar-refractivity contribution >= 4 is 22.6 Å². The number of aromatic nitrogens is 1. The number of hydrogen-bond acceptors (Lipinski definition) is 3. The minimum atomic E-state index is -0.579. The van der Waals surface area contributed by atoms with Gasteiger partial charge in [-0.2, -0.15) is 0 Å². The predicted octanol–water partition coefficient (Wildman–Crippen LogP) is 2.77. The number of carbonyl (C=O) groups is 2. The largest absolute Gasteiger partial charge is 0.360 e. The third-order valence-corrected chi connectivity index (χ3v) is 4.21. The summed E-state index contributed by atoms with van der Waals surface area (Å²) in [5.74, 6) is -0.136. The van der Waals surface area contributed by atoms with E-state index in [0.717, 1.165) is 16.5 Å². The van der Waals surface area contributed by atoms with Crippen molar-refractivity contribution in [3.63, 3.8) is 0 Å². The zero-order chi connectivity index (χ0) is 17.8. The first kappa shape index (κ1) is 16.9. The van der Waals surface area contributed by atoms with E-state index < -0.39 is 6.04 Å². The van der Waals surface area contributed by atoms with E-state index in [9.17, 15) is 9.59 Å². The lowest BCUT2D eigenvalue weighted by molar-refractivity contribution is -0.127. The number of aromatic amines is 1. The van der Waals surface area contributed by atoms with Gasteiger partial charge < -0.3 is 9.88 Å². The van der Waals surface area contributed by atoms with Crippen molar-refractivity contribution in [1.29, 1.82) is 0 Å². The molecule has 1 aromatic heterocycles. The molecule has 0 aliphatic rings. The van der Waals surface area contributed by atoms with Crippen LogP contribution in [-0.4, -0.2) is 42.2 Å². The van der Waals surface area contributed by atoms with Crippen LogP contribution in [0, 0.1) is 0 Å². The van der Waals surface area contributed by atoms with E-state index >= 15 is 0 Å². The molecule has 3 rings (SSSR count). The number of H-pyrrole nitrogens is 1. The third kappa shape index (κ3) is 3.61. The predicted molar refractivity (Wildman–Crippen MR) is 98.5 cm³/mol. The maximum absolute atomic E-state index is 13.2. The molecule has 1 heterocycles. The Morgan fingerprint density at radius 1 is 1.04 bits per heavy atom. The molecule has 0 fully saturated rings. The van der Waals surface area contributed by atoms with Gasteiger partial charge in [-0.25, -0.2) is 0 Å². The van der Waals surface area contributed by atoms with E-state index in [1.165, 1.54) is 4.90 Å². The van der Waals surface area contributed by atoms with Crippen molar-refractivity contribution in [2.24, 2.45) is 0 Å². The number of para-hydroxylation sites is 1. The van der Waals surface area contributed by atoms with Crippen LogP contribution in [-0.2, 0) is 4.79 Å². The summed E-state index contributed by atoms with van der Waals surface area (Å²) in [5.41, 5.74) is 2.38. The summed E-state index contributed by atoms with van der Waals surface area (Å²) in [6.45, 7) is 0.0979. The van der Waals surface area contributed by atoms with Crippen LogP contribution >= 0.6 is 0 Å². The van der Waals surface area contributed by atoms with E-state index in [1.54, 1.807) is 20.3 Å². The third-order valence-electron chi connectivity index (χ3n) is 4.21. The molecule has 0 bridgehead atoms. The van der Waals surface area contributed by atoms with Gasteiger partial charge in [-0.1, -0.05) is 48.5 Å². The number of ketones is 1. The molecule has 0 aliphatic carbocycles. The number of nitrogens with zero attached hydrogens (tertiary/aromatic N) is 1. The average molecular weight is 335 g/mol. The smallest absolute Gasteiger partial charge is 0.236 e. The van der Waals surface area contributed by atoms with Gasteiger partial charge in [-0.3, -0.25) is 14.9 Å².